The third-order valence-electron chi connectivity index (χ3n) is 2.94. The maximum absolute atomic E-state index is 12.0. The normalized spacial score (nSPS) is 31.6. The molecule has 1 aromatic rings. The first-order chi connectivity index (χ1) is 7.14. The van der Waals surface area contributed by atoms with E-state index in [-0.39, 0.29) is 10.6 Å². The Bertz CT molecular complexity index is 363. The van der Waals surface area contributed by atoms with E-state index < -0.39 is 5.60 Å². The van der Waals surface area contributed by atoms with Crippen molar-refractivity contribution in [1.82, 2.24) is 0 Å². The second-order valence-corrected chi connectivity index (χ2v) is 5.06. The van der Waals surface area contributed by atoms with Crippen molar-refractivity contribution in [2.45, 2.75) is 29.7 Å². The molecule has 2 nitrogen and oxygen atoms in total. The highest BCUT2D eigenvalue weighted by atomic mass is 79.9. The predicted octanol–water partition coefficient (Wildman–Crippen LogP) is 2.39. The lowest BCUT2D eigenvalue weighted by Gasteiger charge is -2.33. The van der Waals surface area contributed by atoms with Crippen LogP contribution in [0.5, 0.6) is 0 Å². The van der Waals surface area contributed by atoms with E-state index in [4.69, 9.17) is 0 Å². The summed E-state index contributed by atoms with van der Waals surface area (Å²) in [5, 5.41) is 10.4. The molecule has 0 amide bonds. The molecular formula is C12H13BrO2. The Balaban J connectivity index is 2.37. The highest BCUT2D eigenvalue weighted by Crippen LogP contribution is 2.36. The van der Waals surface area contributed by atoms with Crippen molar-refractivity contribution in [2.24, 2.45) is 0 Å². The van der Waals surface area contributed by atoms with E-state index in [9.17, 15) is 9.90 Å². The Labute approximate surface area is 97.4 Å². The van der Waals surface area contributed by atoms with E-state index in [2.05, 4.69) is 15.9 Å². The molecule has 0 spiro atoms. The molecule has 1 aliphatic rings. The topological polar surface area (TPSA) is 37.3 Å². The lowest BCUT2D eigenvalue weighted by atomic mass is 9.78. The molecule has 1 fully saturated rings. The predicted molar refractivity (Wildman–Crippen MR) is 61.9 cm³/mol. The summed E-state index contributed by atoms with van der Waals surface area (Å²) in [7, 11) is 0. The SMILES string of the molecule is O=C1[C@H](Br)CCC[C@@]1(O)c1ccccc1. The maximum atomic E-state index is 12.0. The van der Waals surface area contributed by atoms with Crippen LogP contribution in [0.3, 0.4) is 0 Å². The van der Waals surface area contributed by atoms with Gasteiger partial charge < -0.3 is 5.11 Å². The van der Waals surface area contributed by atoms with Crippen molar-refractivity contribution in [3.8, 4) is 0 Å². The van der Waals surface area contributed by atoms with E-state index in [1.165, 1.54) is 0 Å². The lowest BCUT2D eigenvalue weighted by molar-refractivity contribution is -0.141. The van der Waals surface area contributed by atoms with E-state index in [0.29, 0.717) is 12.0 Å². The number of hydrogen-bond donors (Lipinski definition) is 1. The number of benzene rings is 1. The summed E-state index contributed by atoms with van der Waals surface area (Å²) in [6, 6.07) is 9.19. The molecule has 1 aromatic carbocycles. The van der Waals surface area contributed by atoms with Gasteiger partial charge in [-0.25, -0.2) is 0 Å². The van der Waals surface area contributed by atoms with Crippen molar-refractivity contribution in [3.63, 3.8) is 0 Å². The Morgan fingerprint density at radius 2 is 2.00 bits per heavy atom. The summed E-state index contributed by atoms with van der Waals surface area (Å²) in [6.07, 6.45) is 2.21. The van der Waals surface area contributed by atoms with Crippen LogP contribution in [0.25, 0.3) is 0 Å². The van der Waals surface area contributed by atoms with Gasteiger partial charge in [-0.05, 0) is 24.8 Å². The van der Waals surface area contributed by atoms with Crippen molar-refractivity contribution in [3.05, 3.63) is 35.9 Å². The van der Waals surface area contributed by atoms with Crippen LogP contribution >= 0.6 is 15.9 Å². The number of alkyl halides is 1. The fourth-order valence-electron chi connectivity index (χ4n) is 2.05. The van der Waals surface area contributed by atoms with Crippen LogP contribution in [-0.2, 0) is 10.4 Å². The number of halogens is 1. The Morgan fingerprint density at radius 3 is 2.67 bits per heavy atom. The molecule has 1 N–H and O–H groups in total. The monoisotopic (exact) mass is 268 g/mol. The van der Waals surface area contributed by atoms with Gasteiger partial charge in [-0.3, -0.25) is 4.79 Å². The first-order valence-corrected chi connectivity index (χ1v) is 6.02. The van der Waals surface area contributed by atoms with Gasteiger partial charge in [-0.2, -0.15) is 0 Å². The zero-order chi connectivity index (χ0) is 10.9. The van der Waals surface area contributed by atoms with E-state index in [1.54, 1.807) is 0 Å². The first-order valence-electron chi connectivity index (χ1n) is 5.11. The quantitative estimate of drug-likeness (QED) is 0.795. The highest BCUT2D eigenvalue weighted by molar-refractivity contribution is 9.10. The molecule has 0 unspecified atom stereocenters. The lowest BCUT2D eigenvalue weighted by Crippen LogP contribution is -2.43. The number of carbonyl (C=O) groups is 1. The highest BCUT2D eigenvalue weighted by Gasteiger charge is 2.43. The molecule has 0 saturated heterocycles. The molecule has 0 heterocycles. The summed E-state index contributed by atoms with van der Waals surface area (Å²) in [5.74, 6) is -0.111. The van der Waals surface area contributed by atoms with Crippen molar-refractivity contribution in [1.29, 1.82) is 0 Å². The number of aliphatic hydroxyl groups is 1. The molecule has 0 aromatic heterocycles. The molecule has 0 bridgehead atoms. The smallest absolute Gasteiger partial charge is 0.182 e. The minimum atomic E-state index is -1.28. The van der Waals surface area contributed by atoms with Crippen molar-refractivity contribution >= 4 is 21.7 Å². The van der Waals surface area contributed by atoms with Gasteiger partial charge in [0.25, 0.3) is 0 Å². The van der Waals surface area contributed by atoms with E-state index in [0.717, 1.165) is 12.8 Å². The molecule has 0 radical (unpaired) electrons. The zero-order valence-electron chi connectivity index (χ0n) is 8.32. The van der Waals surface area contributed by atoms with Crippen LogP contribution in [0.4, 0.5) is 0 Å². The molecule has 3 heteroatoms. The van der Waals surface area contributed by atoms with Crippen LogP contribution in [0.1, 0.15) is 24.8 Å². The maximum Gasteiger partial charge on any atom is 0.182 e. The van der Waals surface area contributed by atoms with Crippen molar-refractivity contribution in [2.75, 3.05) is 0 Å². The van der Waals surface area contributed by atoms with Gasteiger partial charge in [-0.1, -0.05) is 46.3 Å². The van der Waals surface area contributed by atoms with Gasteiger partial charge in [0.2, 0.25) is 0 Å². The summed E-state index contributed by atoms with van der Waals surface area (Å²) in [5.41, 5.74) is -0.577. The van der Waals surface area contributed by atoms with Crippen LogP contribution in [0.15, 0.2) is 30.3 Å². The van der Waals surface area contributed by atoms with Crippen LogP contribution in [0.2, 0.25) is 0 Å². The Morgan fingerprint density at radius 1 is 1.33 bits per heavy atom. The second kappa shape index (κ2) is 4.06. The molecule has 80 valence electrons. The number of rotatable bonds is 1. The fourth-order valence-corrected chi connectivity index (χ4v) is 2.75. The van der Waals surface area contributed by atoms with Gasteiger partial charge in [0.1, 0.15) is 5.60 Å². The zero-order valence-corrected chi connectivity index (χ0v) is 9.90. The van der Waals surface area contributed by atoms with E-state index in [1.807, 2.05) is 30.3 Å². The Kier molecular flexibility index (Phi) is 2.94. The summed E-state index contributed by atoms with van der Waals surface area (Å²) < 4.78 is 0. The van der Waals surface area contributed by atoms with Gasteiger partial charge in [0.15, 0.2) is 5.78 Å². The fraction of sp³-hybridized carbons (Fsp3) is 0.417. The molecule has 2 rings (SSSR count). The van der Waals surface area contributed by atoms with Crippen LogP contribution < -0.4 is 0 Å². The molecule has 0 aliphatic heterocycles. The largest absolute Gasteiger partial charge is 0.377 e. The van der Waals surface area contributed by atoms with Gasteiger partial charge in [0, 0.05) is 0 Å². The van der Waals surface area contributed by atoms with Gasteiger partial charge in [0.05, 0.1) is 4.83 Å². The average Bonchev–Trinajstić information content (AvgIpc) is 2.27. The number of ketones is 1. The summed E-state index contributed by atoms with van der Waals surface area (Å²) in [6.45, 7) is 0. The van der Waals surface area contributed by atoms with Gasteiger partial charge in [-0.15, -0.1) is 0 Å². The molecule has 1 saturated carbocycles. The standard InChI is InChI=1S/C12H13BrO2/c13-10-7-4-8-12(15,11(10)14)9-5-2-1-3-6-9/h1-3,5-6,10,15H,4,7-8H2/t10-,12-/m1/s1. The Hall–Kier alpha value is -0.670. The number of Topliss-reactive ketones (excluding diaryl/α,β-unsaturated/α-hetero) is 1. The number of carbonyl (C=O) groups excluding carboxylic acids is 1. The second-order valence-electron chi connectivity index (χ2n) is 3.95. The molecule has 1 aliphatic carbocycles. The molecular weight excluding hydrogens is 256 g/mol. The summed E-state index contributed by atoms with van der Waals surface area (Å²) in [4.78, 5) is 11.7. The van der Waals surface area contributed by atoms with Crippen LogP contribution in [0, 0.1) is 0 Å². The number of hydrogen-bond acceptors (Lipinski definition) is 2. The minimum absolute atomic E-state index is 0.111. The summed E-state index contributed by atoms with van der Waals surface area (Å²) >= 11 is 3.32. The van der Waals surface area contributed by atoms with Crippen LogP contribution in [-0.4, -0.2) is 15.7 Å². The first kappa shape index (κ1) is 10.8. The third-order valence-corrected chi connectivity index (χ3v) is 3.81. The third kappa shape index (κ3) is 1.86. The molecule has 2 atom stereocenters. The average molecular weight is 269 g/mol. The van der Waals surface area contributed by atoms with E-state index >= 15 is 0 Å². The van der Waals surface area contributed by atoms with Gasteiger partial charge >= 0.3 is 0 Å². The van der Waals surface area contributed by atoms with Crippen molar-refractivity contribution < 1.29 is 9.90 Å². The molecule has 15 heavy (non-hydrogen) atoms. The minimum Gasteiger partial charge on any atom is -0.377 e.